The first-order valence-corrected chi connectivity index (χ1v) is 26.8. The van der Waals surface area contributed by atoms with Crippen LogP contribution in [0.15, 0.2) is 83.9 Å². The molecule has 1 saturated heterocycles. The molecule has 0 N–H and O–H groups in total. The van der Waals surface area contributed by atoms with E-state index >= 15 is 0 Å². The summed E-state index contributed by atoms with van der Waals surface area (Å²) in [5.41, 5.74) is 20.9. The predicted octanol–water partition coefficient (Wildman–Crippen LogP) is 11.5. The van der Waals surface area contributed by atoms with E-state index in [2.05, 4.69) is 136 Å². The first kappa shape index (κ1) is 27.1. The van der Waals surface area contributed by atoms with Gasteiger partial charge in [-0.25, -0.2) is 0 Å². The second kappa shape index (κ2) is 9.37. The van der Waals surface area contributed by atoms with Gasteiger partial charge in [0, 0.05) is 0 Å². The summed E-state index contributed by atoms with van der Waals surface area (Å²) in [5.74, 6) is 0. The van der Waals surface area contributed by atoms with E-state index in [1.54, 1.807) is 22.3 Å². The summed E-state index contributed by atoms with van der Waals surface area (Å²) >= 11 is -3.05. The van der Waals surface area contributed by atoms with Crippen LogP contribution in [0, 0.1) is 33.1 Å². The van der Waals surface area contributed by atoms with E-state index in [9.17, 15) is 0 Å². The SMILES string of the molecule is CCC1(C)C2=Cc3c(-c4cccc(C)c4C)cccc3[CH]2[Hf]([CH3])([CH3])[CH]2C1=Cc1c(-c3cccc(C)c3C)cccc12. The first-order valence-electron chi connectivity index (χ1n) is 15.4. The summed E-state index contributed by atoms with van der Waals surface area (Å²) in [6.45, 7) is 14.1. The fourth-order valence-corrected chi connectivity index (χ4v) is 26.1. The zero-order valence-electron chi connectivity index (χ0n) is 25.9. The van der Waals surface area contributed by atoms with Gasteiger partial charge < -0.3 is 0 Å². The van der Waals surface area contributed by atoms with Gasteiger partial charge in [-0.3, -0.25) is 0 Å². The Bertz CT molecular complexity index is 1680. The van der Waals surface area contributed by atoms with Gasteiger partial charge >= 0.3 is 253 Å². The minimum absolute atomic E-state index is 0.0702. The number of hydrogen-bond donors (Lipinski definition) is 0. The maximum atomic E-state index is 2.76. The molecule has 206 valence electrons. The van der Waals surface area contributed by atoms with Gasteiger partial charge in [-0.05, 0) is 0 Å². The third-order valence-electron chi connectivity index (χ3n) is 11.4. The number of hydrogen-bond acceptors (Lipinski definition) is 0. The van der Waals surface area contributed by atoms with Gasteiger partial charge in [0.05, 0.1) is 0 Å². The van der Waals surface area contributed by atoms with Gasteiger partial charge in [-0.1, -0.05) is 0 Å². The maximum absolute atomic E-state index is 3.05. The van der Waals surface area contributed by atoms with Crippen molar-refractivity contribution in [2.24, 2.45) is 5.41 Å². The Morgan fingerprint density at radius 3 is 1.39 bits per heavy atom. The van der Waals surface area contributed by atoms with Crippen molar-refractivity contribution in [3.63, 3.8) is 0 Å². The second-order valence-corrected chi connectivity index (χ2v) is 30.9. The molecular formula is C40H42Hf. The van der Waals surface area contributed by atoms with Crippen molar-refractivity contribution < 1.29 is 20.0 Å². The molecule has 1 heteroatoms. The molecule has 7 rings (SSSR count). The van der Waals surface area contributed by atoms with Crippen molar-refractivity contribution >= 4 is 12.2 Å². The molecule has 1 fully saturated rings. The van der Waals surface area contributed by atoms with Crippen LogP contribution >= 0.6 is 0 Å². The third-order valence-corrected chi connectivity index (χ3v) is 26.5. The number of allylic oxidation sites excluding steroid dienone is 2. The molecule has 2 unspecified atom stereocenters. The van der Waals surface area contributed by atoms with Crippen LogP contribution in [0.2, 0.25) is 9.36 Å². The summed E-state index contributed by atoms with van der Waals surface area (Å²) < 4.78 is 6.76. The fraction of sp³-hybridized carbons (Fsp3) is 0.300. The van der Waals surface area contributed by atoms with E-state index in [1.165, 1.54) is 55.6 Å². The van der Waals surface area contributed by atoms with E-state index in [0.29, 0.717) is 7.35 Å². The van der Waals surface area contributed by atoms with Crippen LogP contribution in [0.1, 0.15) is 72.1 Å². The predicted molar refractivity (Wildman–Crippen MR) is 174 cm³/mol. The van der Waals surface area contributed by atoms with Gasteiger partial charge in [0.1, 0.15) is 0 Å². The van der Waals surface area contributed by atoms with Crippen molar-refractivity contribution in [2.45, 2.75) is 64.7 Å². The van der Waals surface area contributed by atoms with E-state index in [1.807, 2.05) is 0 Å². The molecule has 0 bridgehead atoms. The van der Waals surface area contributed by atoms with Crippen LogP contribution < -0.4 is 0 Å². The van der Waals surface area contributed by atoms with E-state index in [0.717, 1.165) is 6.42 Å². The Morgan fingerprint density at radius 2 is 0.976 bits per heavy atom. The monoisotopic (exact) mass is 702 g/mol. The number of rotatable bonds is 3. The van der Waals surface area contributed by atoms with Crippen LogP contribution in [0.25, 0.3) is 34.4 Å². The molecule has 0 radical (unpaired) electrons. The Morgan fingerprint density at radius 1 is 0.585 bits per heavy atom. The molecule has 0 nitrogen and oxygen atoms in total. The van der Waals surface area contributed by atoms with E-state index < -0.39 is 20.0 Å². The molecule has 4 aromatic carbocycles. The van der Waals surface area contributed by atoms with E-state index in [-0.39, 0.29) is 5.41 Å². The van der Waals surface area contributed by atoms with Crippen LogP contribution in [-0.2, 0) is 20.0 Å². The van der Waals surface area contributed by atoms with Crippen molar-refractivity contribution in [3.8, 4) is 22.3 Å². The second-order valence-electron chi connectivity index (χ2n) is 13.7. The molecule has 3 aliphatic rings. The van der Waals surface area contributed by atoms with Crippen molar-refractivity contribution in [2.75, 3.05) is 0 Å². The quantitative estimate of drug-likeness (QED) is 0.187. The number of fused-ring (bicyclic) bond motifs is 6. The molecule has 2 atom stereocenters. The normalized spacial score (nSPS) is 23.3. The number of aryl methyl sites for hydroxylation is 2. The molecule has 0 spiro atoms. The van der Waals surface area contributed by atoms with E-state index in [4.69, 9.17) is 0 Å². The van der Waals surface area contributed by atoms with Gasteiger partial charge in [-0.15, -0.1) is 0 Å². The Labute approximate surface area is 251 Å². The molecule has 2 aliphatic carbocycles. The molecule has 0 amide bonds. The summed E-state index contributed by atoms with van der Waals surface area (Å²) in [5, 5.41) is 0. The molecule has 4 aromatic rings. The Balaban J connectivity index is 1.46. The molecule has 0 saturated carbocycles. The van der Waals surface area contributed by atoms with Crippen LogP contribution in [0.3, 0.4) is 0 Å². The Kier molecular flexibility index (Phi) is 6.19. The van der Waals surface area contributed by atoms with Crippen molar-refractivity contribution in [1.82, 2.24) is 0 Å². The summed E-state index contributed by atoms with van der Waals surface area (Å²) in [6.07, 6.45) is 6.46. The zero-order chi connectivity index (χ0) is 28.8. The molecular weight excluding hydrogens is 659 g/mol. The standard InChI is InChI=1S/C38H36.2CH3.Hf/c1-7-38(6,30-20-28-14-10-18-34(36(28)22-30)32-16-8-12-24(2)26(32)4)31-21-29-15-11-19-35(37(29)23-31)33-17-9-13-25(3)27(33)5;;;/h8-23H,7H2,1-6H3;2*1H3;. The molecule has 41 heavy (non-hydrogen) atoms. The van der Waals surface area contributed by atoms with Crippen LogP contribution in [-0.4, -0.2) is 0 Å². The zero-order valence-corrected chi connectivity index (χ0v) is 29.5. The van der Waals surface area contributed by atoms with Gasteiger partial charge in [0.2, 0.25) is 0 Å². The van der Waals surface area contributed by atoms with Crippen molar-refractivity contribution in [1.29, 1.82) is 0 Å². The number of benzene rings is 4. The summed E-state index contributed by atoms with van der Waals surface area (Å²) in [7, 11) is 0. The van der Waals surface area contributed by atoms with Gasteiger partial charge in [-0.2, -0.15) is 0 Å². The average molecular weight is 701 g/mol. The average Bonchev–Trinajstić information content (AvgIpc) is 3.57. The Hall–Kier alpha value is -2.77. The van der Waals surface area contributed by atoms with Gasteiger partial charge in [0.25, 0.3) is 0 Å². The minimum atomic E-state index is -3.05. The fourth-order valence-electron chi connectivity index (χ4n) is 8.66. The molecule has 1 aliphatic heterocycles. The topological polar surface area (TPSA) is 0 Å². The van der Waals surface area contributed by atoms with Crippen LogP contribution in [0.4, 0.5) is 0 Å². The molecule has 0 aromatic heterocycles. The molecule has 1 heterocycles. The van der Waals surface area contributed by atoms with Crippen LogP contribution in [0.5, 0.6) is 0 Å². The summed E-state index contributed by atoms with van der Waals surface area (Å²) in [6, 6.07) is 28.0. The first-order chi connectivity index (χ1) is 19.6. The van der Waals surface area contributed by atoms with Gasteiger partial charge in [0.15, 0.2) is 0 Å². The van der Waals surface area contributed by atoms with Crippen molar-refractivity contribution in [3.05, 3.63) is 128 Å². The summed E-state index contributed by atoms with van der Waals surface area (Å²) in [4.78, 5) is 0. The third kappa shape index (κ3) is 3.67.